The van der Waals surface area contributed by atoms with Crippen LogP contribution in [0.4, 0.5) is 0 Å². The summed E-state index contributed by atoms with van der Waals surface area (Å²) >= 11 is 0. The maximum atomic E-state index is 4.20. The van der Waals surface area contributed by atoms with Crippen LogP contribution in [0.15, 0.2) is 79.0 Å². The molecular formula is C21H21N. The maximum Gasteiger partial charge on any atom is 0.0383 e. The monoisotopic (exact) mass is 287 g/mol. The van der Waals surface area contributed by atoms with Gasteiger partial charge >= 0.3 is 0 Å². The van der Waals surface area contributed by atoms with Crippen molar-refractivity contribution in [3.05, 3.63) is 95.7 Å². The zero-order valence-electron chi connectivity index (χ0n) is 13.0. The van der Waals surface area contributed by atoms with Gasteiger partial charge in [0.05, 0.1) is 0 Å². The molecule has 0 atom stereocenters. The Bertz CT molecular complexity index is 736. The largest absolute Gasteiger partial charge is 0.361 e. The first-order valence-electron chi connectivity index (χ1n) is 7.78. The van der Waals surface area contributed by atoms with E-state index < -0.39 is 0 Å². The molecule has 0 radical (unpaired) electrons. The topological polar surface area (TPSA) is 12.0 Å². The van der Waals surface area contributed by atoms with Gasteiger partial charge in [0.1, 0.15) is 0 Å². The summed E-state index contributed by atoms with van der Waals surface area (Å²) in [4.78, 5) is 0. The van der Waals surface area contributed by atoms with Gasteiger partial charge in [-0.15, -0.1) is 0 Å². The van der Waals surface area contributed by atoms with Gasteiger partial charge in [-0.2, -0.15) is 0 Å². The van der Waals surface area contributed by atoms with Crippen LogP contribution in [0.1, 0.15) is 30.0 Å². The second-order valence-corrected chi connectivity index (χ2v) is 5.49. The fourth-order valence-electron chi connectivity index (χ4n) is 2.89. The number of allylic oxidation sites excluding steroid dienone is 3. The summed E-state index contributed by atoms with van der Waals surface area (Å²) < 4.78 is 0. The van der Waals surface area contributed by atoms with Crippen molar-refractivity contribution in [3.8, 4) is 0 Å². The van der Waals surface area contributed by atoms with Gasteiger partial charge in [-0.1, -0.05) is 74.2 Å². The third-order valence-electron chi connectivity index (χ3n) is 4.11. The van der Waals surface area contributed by atoms with E-state index in [1.165, 1.54) is 27.8 Å². The average molecular weight is 287 g/mol. The number of rotatable bonds is 2. The molecule has 1 heteroatoms. The smallest absolute Gasteiger partial charge is 0.0383 e. The molecular weight excluding hydrogens is 266 g/mol. The lowest BCUT2D eigenvalue weighted by Gasteiger charge is -2.12. The van der Waals surface area contributed by atoms with Crippen molar-refractivity contribution in [3.63, 3.8) is 0 Å². The minimum Gasteiger partial charge on any atom is -0.361 e. The first-order chi connectivity index (χ1) is 10.8. The Morgan fingerprint density at radius 2 is 1.73 bits per heavy atom. The molecule has 0 saturated heterocycles. The highest BCUT2D eigenvalue weighted by Gasteiger charge is 2.11. The Kier molecular flexibility index (Phi) is 4.24. The number of benzene rings is 2. The molecule has 0 saturated carbocycles. The highest BCUT2D eigenvalue weighted by molar-refractivity contribution is 5.81. The Balaban J connectivity index is 2.08. The highest BCUT2D eigenvalue weighted by atomic mass is 14.8. The van der Waals surface area contributed by atoms with Crippen molar-refractivity contribution in [1.29, 1.82) is 0 Å². The Morgan fingerprint density at radius 1 is 1.00 bits per heavy atom. The van der Waals surface area contributed by atoms with Gasteiger partial charge < -0.3 is 5.32 Å². The van der Waals surface area contributed by atoms with Crippen molar-refractivity contribution in [2.75, 3.05) is 0 Å². The van der Waals surface area contributed by atoms with Crippen molar-refractivity contribution in [2.24, 2.45) is 0 Å². The molecule has 0 spiro atoms. The third kappa shape index (κ3) is 2.89. The predicted molar refractivity (Wildman–Crippen MR) is 95.1 cm³/mol. The van der Waals surface area contributed by atoms with E-state index in [2.05, 4.69) is 85.7 Å². The second kappa shape index (κ2) is 6.48. The molecule has 0 bridgehead atoms. The summed E-state index contributed by atoms with van der Waals surface area (Å²) in [6.45, 7) is 6.41. The van der Waals surface area contributed by atoms with Crippen LogP contribution in [-0.4, -0.2) is 0 Å². The van der Waals surface area contributed by atoms with Crippen LogP contribution in [0.3, 0.4) is 0 Å². The molecule has 0 fully saturated rings. The molecule has 0 amide bonds. The minimum absolute atomic E-state index is 0.935. The van der Waals surface area contributed by atoms with Gasteiger partial charge in [-0.25, -0.2) is 0 Å². The van der Waals surface area contributed by atoms with Crippen molar-refractivity contribution in [1.82, 2.24) is 5.32 Å². The second-order valence-electron chi connectivity index (χ2n) is 5.49. The molecule has 1 heterocycles. The fourth-order valence-corrected chi connectivity index (χ4v) is 2.89. The highest BCUT2D eigenvalue weighted by Crippen LogP contribution is 2.28. The van der Waals surface area contributed by atoms with Gasteiger partial charge in [-0.3, -0.25) is 0 Å². The van der Waals surface area contributed by atoms with Crippen LogP contribution in [0.5, 0.6) is 0 Å². The molecule has 22 heavy (non-hydrogen) atoms. The normalized spacial score (nSPS) is 19.4. The maximum absolute atomic E-state index is 4.20. The molecule has 1 N–H and O–H groups in total. The van der Waals surface area contributed by atoms with Gasteiger partial charge in [0.15, 0.2) is 0 Å². The molecule has 3 rings (SSSR count). The van der Waals surface area contributed by atoms with Gasteiger partial charge in [0.2, 0.25) is 0 Å². The summed E-state index contributed by atoms with van der Waals surface area (Å²) in [5.41, 5.74) is 7.31. The van der Waals surface area contributed by atoms with E-state index in [1.807, 2.05) is 0 Å². The van der Waals surface area contributed by atoms with E-state index in [9.17, 15) is 0 Å². The average Bonchev–Trinajstić information content (AvgIpc) is 2.64. The summed E-state index contributed by atoms with van der Waals surface area (Å²) in [5.74, 6) is 0. The van der Waals surface area contributed by atoms with E-state index in [0.29, 0.717) is 0 Å². The van der Waals surface area contributed by atoms with Crippen LogP contribution in [0, 0.1) is 0 Å². The molecule has 0 aliphatic carbocycles. The van der Waals surface area contributed by atoms with Gasteiger partial charge in [-0.05, 0) is 29.5 Å². The lowest BCUT2D eigenvalue weighted by Crippen LogP contribution is -2.05. The molecule has 110 valence electrons. The Hall–Kier alpha value is -2.54. The Morgan fingerprint density at radius 3 is 2.50 bits per heavy atom. The standard InChI is InChI=1S/C21H21N/c1-3-17-13-14-19-11-7-8-12-20(19)16(2)22-15-21(17)18-9-5-4-6-10-18/h4-13,15,22H,2-3,14H2,1H3/b17-13-,21-15+. The van der Waals surface area contributed by atoms with E-state index in [1.54, 1.807) is 0 Å². The van der Waals surface area contributed by atoms with Crippen molar-refractivity contribution < 1.29 is 0 Å². The van der Waals surface area contributed by atoms with E-state index in [4.69, 9.17) is 0 Å². The summed E-state index contributed by atoms with van der Waals surface area (Å²) in [6.07, 6.45) is 6.38. The number of hydrogen-bond acceptors (Lipinski definition) is 1. The van der Waals surface area contributed by atoms with Crippen molar-refractivity contribution >= 4 is 11.3 Å². The quantitative estimate of drug-likeness (QED) is 0.802. The number of nitrogens with one attached hydrogen (secondary N) is 1. The lowest BCUT2D eigenvalue weighted by atomic mass is 9.95. The number of hydrogen-bond donors (Lipinski definition) is 1. The minimum atomic E-state index is 0.935. The summed E-state index contributed by atoms with van der Waals surface area (Å²) in [6, 6.07) is 19.0. The number of fused-ring (bicyclic) bond motifs is 1. The van der Waals surface area contributed by atoms with Crippen LogP contribution in [-0.2, 0) is 6.42 Å². The van der Waals surface area contributed by atoms with Gasteiger partial charge in [0, 0.05) is 23.0 Å². The zero-order chi connectivity index (χ0) is 15.4. The van der Waals surface area contributed by atoms with Gasteiger partial charge in [0.25, 0.3) is 0 Å². The van der Waals surface area contributed by atoms with E-state index >= 15 is 0 Å². The first kappa shape index (κ1) is 14.4. The first-order valence-corrected chi connectivity index (χ1v) is 7.78. The SMILES string of the molecule is C=C1N/C=C(c2ccccc2)\C(CC)=C/Cc2ccccc21. The Labute approximate surface area is 132 Å². The molecule has 1 aliphatic rings. The third-order valence-corrected chi connectivity index (χ3v) is 4.11. The molecule has 2 aromatic rings. The van der Waals surface area contributed by atoms with E-state index in [-0.39, 0.29) is 0 Å². The van der Waals surface area contributed by atoms with Crippen LogP contribution in [0.25, 0.3) is 11.3 Å². The van der Waals surface area contributed by atoms with Crippen LogP contribution in [0.2, 0.25) is 0 Å². The molecule has 0 aromatic heterocycles. The fraction of sp³-hybridized carbons (Fsp3) is 0.143. The lowest BCUT2D eigenvalue weighted by molar-refractivity contribution is 1.12. The van der Waals surface area contributed by atoms with Crippen molar-refractivity contribution in [2.45, 2.75) is 19.8 Å². The zero-order valence-corrected chi connectivity index (χ0v) is 13.0. The summed E-state index contributed by atoms with van der Waals surface area (Å²) in [7, 11) is 0. The van der Waals surface area contributed by atoms with Crippen LogP contribution >= 0.6 is 0 Å². The predicted octanol–water partition coefficient (Wildman–Crippen LogP) is 5.18. The van der Waals surface area contributed by atoms with E-state index in [0.717, 1.165) is 18.5 Å². The molecule has 2 aromatic carbocycles. The van der Waals surface area contributed by atoms with Crippen LogP contribution < -0.4 is 5.32 Å². The summed E-state index contributed by atoms with van der Waals surface area (Å²) in [5, 5.41) is 3.40. The molecule has 1 aliphatic heterocycles. The molecule has 1 nitrogen and oxygen atoms in total. The molecule has 0 unspecified atom stereocenters.